The molecular weight excluding hydrogens is 425 g/mol. The van der Waals surface area contributed by atoms with Crippen LogP contribution in [0, 0.1) is 0 Å². The number of halogens is 2. The highest BCUT2D eigenvalue weighted by molar-refractivity contribution is 7.92. The summed E-state index contributed by atoms with van der Waals surface area (Å²) in [5.74, 6) is 0. The van der Waals surface area contributed by atoms with Gasteiger partial charge in [0.1, 0.15) is 0 Å². The summed E-state index contributed by atoms with van der Waals surface area (Å²) in [7, 11) is -3.34. The van der Waals surface area contributed by atoms with E-state index in [1.807, 2.05) is 42.5 Å². The lowest BCUT2D eigenvalue weighted by Crippen LogP contribution is -2.09. The Hall–Kier alpha value is -2.27. The Bertz CT molecular complexity index is 1230. The van der Waals surface area contributed by atoms with Gasteiger partial charge in [0.2, 0.25) is 10.0 Å². The third kappa shape index (κ3) is 4.35. The molecule has 3 nitrogen and oxygen atoms in total. The third-order valence-corrected chi connectivity index (χ3v) is 6.39. The summed E-state index contributed by atoms with van der Waals surface area (Å²) in [5.41, 5.74) is 6.93. The average molecular weight is 444 g/mol. The minimum Gasteiger partial charge on any atom is -0.284 e. The Morgan fingerprint density at radius 3 is 2.52 bits per heavy atom. The fraction of sp³-hybridized carbons (Fsp3) is 0.130. The number of rotatable bonds is 3. The van der Waals surface area contributed by atoms with Crippen LogP contribution in [0.2, 0.25) is 10.0 Å². The standard InChI is InChI=1S/C23H19Cl2NO2S/c1-29(27,28)26-17-7-4-5-15(13-17)14-21-18-8-3-2-6-16(18)9-10-20-19(21)11-12-22(24)23(20)25/h2-8,11-14,26H,9-10H2,1H3/b21-14-. The summed E-state index contributed by atoms with van der Waals surface area (Å²) in [4.78, 5) is 0. The van der Waals surface area contributed by atoms with Gasteiger partial charge in [-0.05, 0) is 70.5 Å². The van der Waals surface area contributed by atoms with Gasteiger partial charge in [-0.3, -0.25) is 4.72 Å². The zero-order valence-electron chi connectivity index (χ0n) is 15.7. The molecule has 0 unspecified atom stereocenters. The molecule has 0 aliphatic heterocycles. The Labute approximate surface area is 181 Å². The van der Waals surface area contributed by atoms with E-state index in [1.165, 1.54) is 5.56 Å². The molecule has 0 spiro atoms. The summed E-state index contributed by atoms with van der Waals surface area (Å²) in [6, 6.07) is 19.5. The summed E-state index contributed by atoms with van der Waals surface area (Å²) in [6.07, 6.45) is 4.89. The zero-order chi connectivity index (χ0) is 20.6. The molecule has 0 aromatic heterocycles. The summed E-state index contributed by atoms with van der Waals surface area (Å²) in [5, 5.41) is 1.14. The van der Waals surface area contributed by atoms with Gasteiger partial charge in [-0.2, -0.15) is 0 Å². The van der Waals surface area contributed by atoms with Gasteiger partial charge in [0.15, 0.2) is 0 Å². The van der Waals surface area contributed by atoms with Crippen LogP contribution in [0.1, 0.15) is 27.8 Å². The fourth-order valence-electron chi connectivity index (χ4n) is 3.72. The molecule has 29 heavy (non-hydrogen) atoms. The highest BCUT2D eigenvalue weighted by atomic mass is 35.5. The number of benzene rings is 3. The molecule has 6 heteroatoms. The molecule has 0 saturated heterocycles. The summed E-state index contributed by atoms with van der Waals surface area (Å²) in [6.45, 7) is 0. The molecule has 4 rings (SSSR count). The fourth-order valence-corrected chi connectivity index (χ4v) is 4.71. The van der Waals surface area contributed by atoms with Crippen molar-refractivity contribution in [3.63, 3.8) is 0 Å². The van der Waals surface area contributed by atoms with Crippen LogP contribution in [0.3, 0.4) is 0 Å². The molecule has 3 aromatic carbocycles. The van der Waals surface area contributed by atoms with Gasteiger partial charge >= 0.3 is 0 Å². The van der Waals surface area contributed by atoms with E-state index in [4.69, 9.17) is 23.2 Å². The Morgan fingerprint density at radius 2 is 1.72 bits per heavy atom. The van der Waals surface area contributed by atoms with Gasteiger partial charge in [-0.15, -0.1) is 0 Å². The number of hydrogen-bond acceptors (Lipinski definition) is 2. The van der Waals surface area contributed by atoms with Gasteiger partial charge in [0.05, 0.1) is 16.3 Å². The smallest absolute Gasteiger partial charge is 0.229 e. The van der Waals surface area contributed by atoms with E-state index in [2.05, 4.69) is 22.9 Å². The second-order valence-corrected chi connectivity index (χ2v) is 9.64. The molecule has 0 atom stereocenters. The quantitative estimate of drug-likeness (QED) is 0.535. The lowest BCUT2D eigenvalue weighted by Gasteiger charge is -2.14. The molecule has 3 aromatic rings. The Kier molecular flexibility index (Phi) is 5.43. The van der Waals surface area contributed by atoms with Crippen molar-refractivity contribution in [3.05, 3.63) is 98.5 Å². The molecule has 0 heterocycles. The van der Waals surface area contributed by atoms with Gasteiger partial charge < -0.3 is 0 Å². The topological polar surface area (TPSA) is 46.2 Å². The largest absolute Gasteiger partial charge is 0.284 e. The first-order valence-corrected chi connectivity index (χ1v) is 11.8. The predicted octanol–water partition coefficient (Wildman–Crippen LogP) is 6.05. The van der Waals surface area contributed by atoms with Crippen molar-refractivity contribution in [2.45, 2.75) is 12.8 Å². The number of anilines is 1. The lowest BCUT2D eigenvalue weighted by atomic mass is 9.92. The van der Waals surface area contributed by atoms with Crippen molar-refractivity contribution in [1.29, 1.82) is 0 Å². The van der Waals surface area contributed by atoms with Crippen LogP contribution in [0.5, 0.6) is 0 Å². The van der Waals surface area contributed by atoms with Gasteiger partial charge in [-0.1, -0.05) is 65.7 Å². The molecule has 0 saturated carbocycles. The molecule has 0 bridgehead atoms. The SMILES string of the molecule is CS(=O)(=O)Nc1cccc(/C=C2/c3ccccc3CCc3c2ccc(Cl)c3Cl)c1. The highest BCUT2D eigenvalue weighted by Gasteiger charge is 2.21. The number of sulfonamides is 1. The van der Waals surface area contributed by atoms with E-state index in [0.29, 0.717) is 15.7 Å². The van der Waals surface area contributed by atoms with Crippen molar-refractivity contribution < 1.29 is 8.42 Å². The Morgan fingerprint density at radius 1 is 0.931 bits per heavy atom. The maximum Gasteiger partial charge on any atom is 0.229 e. The highest BCUT2D eigenvalue weighted by Crippen LogP contribution is 2.40. The van der Waals surface area contributed by atoms with E-state index < -0.39 is 10.0 Å². The zero-order valence-corrected chi connectivity index (χ0v) is 18.1. The van der Waals surface area contributed by atoms with Crippen LogP contribution in [0.25, 0.3) is 11.6 Å². The molecule has 1 aliphatic rings. The van der Waals surface area contributed by atoms with Crippen LogP contribution < -0.4 is 4.72 Å². The number of hydrogen-bond donors (Lipinski definition) is 1. The predicted molar refractivity (Wildman–Crippen MR) is 122 cm³/mol. The molecule has 1 N–H and O–H groups in total. The maximum absolute atomic E-state index is 11.6. The van der Waals surface area contributed by atoms with Crippen molar-refractivity contribution in [2.24, 2.45) is 0 Å². The van der Waals surface area contributed by atoms with Crippen molar-refractivity contribution in [1.82, 2.24) is 0 Å². The van der Waals surface area contributed by atoms with Crippen molar-refractivity contribution >= 4 is 50.6 Å². The molecule has 0 radical (unpaired) electrons. The molecule has 0 fully saturated rings. The first kappa shape index (κ1) is 20.0. The molecule has 0 amide bonds. The van der Waals surface area contributed by atoms with Crippen LogP contribution in [0.15, 0.2) is 60.7 Å². The average Bonchev–Trinajstić information content (AvgIpc) is 2.82. The van der Waals surface area contributed by atoms with Gasteiger partial charge in [0.25, 0.3) is 0 Å². The van der Waals surface area contributed by atoms with Gasteiger partial charge in [0, 0.05) is 5.69 Å². The van der Waals surface area contributed by atoms with E-state index in [0.717, 1.165) is 46.9 Å². The lowest BCUT2D eigenvalue weighted by molar-refractivity contribution is 0.607. The number of aryl methyl sites for hydroxylation is 1. The van der Waals surface area contributed by atoms with Crippen LogP contribution >= 0.6 is 23.2 Å². The van der Waals surface area contributed by atoms with E-state index in [9.17, 15) is 8.42 Å². The van der Waals surface area contributed by atoms with E-state index >= 15 is 0 Å². The maximum atomic E-state index is 11.6. The minimum absolute atomic E-state index is 0.526. The first-order valence-electron chi connectivity index (χ1n) is 9.17. The first-order chi connectivity index (χ1) is 13.8. The summed E-state index contributed by atoms with van der Waals surface area (Å²) < 4.78 is 25.7. The van der Waals surface area contributed by atoms with Gasteiger partial charge in [-0.25, -0.2) is 8.42 Å². The Balaban J connectivity index is 1.91. The summed E-state index contributed by atoms with van der Waals surface area (Å²) >= 11 is 12.8. The molecular formula is C23H19Cl2NO2S. The normalized spacial score (nSPS) is 14.8. The second-order valence-electron chi connectivity index (χ2n) is 7.10. The number of fused-ring (bicyclic) bond motifs is 2. The minimum atomic E-state index is -3.34. The van der Waals surface area contributed by atoms with E-state index in [-0.39, 0.29) is 0 Å². The molecule has 1 aliphatic carbocycles. The van der Waals surface area contributed by atoms with Crippen molar-refractivity contribution in [2.75, 3.05) is 11.0 Å². The van der Waals surface area contributed by atoms with Crippen LogP contribution in [0.4, 0.5) is 5.69 Å². The van der Waals surface area contributed by atoms with E-state index in [1.54, 1.807) is 6.07 Å². The third-order valence-electron chi connectivity index (χ3n) is 4.94. The second kappa shape index (κ2) is 7.86. The van der Waals surface area contributed by atoms with Crippen LogP contribution in [-0.4, -0.2) is 14.7 Å². The monoisotopic (exact) mass is 443 g/mol. The van der Waals surface area contributed by atoms with Crippen LogP contribution in [-0.2, 0) is 22.9 Å². The molecule has 148 valence electrons. The number of nitrogens with one attached hydrogen (secondary N) is 1. The van der Waals surface area contributed by atoms with Crippen molar-refractivity contribution in [3.8, 4) is 0 Å².